The molecule has 3 nitrogen and oxygen atoms in total. The third kappa shape index (κ3) is 4.86. The van der Waals surface area contributed by atoms with Crippen LogP contribution < -0.4 is 0 Å². The monoisotopic (exact) mass is 296 g/mol. The zero-order valence-corrected chi connectivity index (χ0v) is 12.3. The Kier molecular flexibility index (Phi) is 5.92. The SMILES string of the molecule is O=C(O)c1ccccc1.OC1C=CCC(c2ccccc2)C1. The van der Waals surface area contributed by atoms with E-state index in [0.29, 0.717) is 11.5 Å². The summed E-state index contributed by atoms with van der Waals surface area (Å²) in [5.74, 6) is -0.378. The van der Waals surface area contributed by atoms with E-state index in [0.717, 1.165) is 12.8 Å². The summed E-state index contributed by atoms with van der Waals surface area (Å²) in [6, 6.07) is 18.7. The summed E-state index contributed by atoms with van der Waals surface area (Å²) < 4.78 is 0. The molecule has 0 spiro atoms. The molecule has 2 aromatic carbocycles. The van der Waals surface area contributed by atoms with Gasteiger partial charge in [0.2, 0.25) is 0 Å². The Morgan fingerprint density at radius 2 is 1.55 bits per heavy atom. The lowest BCUT2D eigenvalue weighted by molar-refractivity contribution is 0.0697. The zero-order chi connectivity index (χ0) is 15.8. The van der Waals surface area contributed by atoms with Crippen LogP contribution in [0, 0.1) is 0 Å². The molecule has 0 aromatic heterocycles. The van der Waals surface area contributed by atoms with Crippen LogP contribution in [0.15, 0.2) is 72.8 Å². The second-order valence-electron chi connectivity index (χ2n) is 5.25. The van der Waals surface area contributed by atoms with Gasteiger partial charge in [0.25, 0.3) is 0 Å². The van der Waals surface area contributed by atoms with E-state index >= 15 is 0 Å². The number of aliphatic hydroxyl groups is 1. The van der Waals surface area contributed by atoms with Gasteiger partial charge in [-0.2, -0.15) is 0 Å². The van der Waals surface area contributed by atoms with Gasteiger partial charge in [0.05, 0.1) is 11.7 Å². The summed E-state index contributed by atoms with van der Waals surface area (Å²) in [5, 5.41) is 17.8. The van der Waals surface area contributed by atoms with Gasteiger partial charge in [-0.3, -0.25) is 0 Å². The van der Waals surface area contributed by atoms with Crippen LogP contribution in [0.3, 0.4) is 0 Å². The van der Waals surface area contributed by atoms with Gasteiger partial charge >= 0.3 is 5.97 Å². The number of aliphatic hydroxyl groups excluding tert-OH is 1. The third-order valence-corrected chi connectivity index (χ3v) is 3.60. The van der Waals surface area contributed by atoms with Crippen LogP contribution in [0.1, 0.15) is 34.7 Å². The van der Waals surface area contributed by atoms with Crippen LogP contribution in [0.25, 0.3) is 0 Å². The maximum absolute atomic E-state index is 10.2. The summed E-state index contributed by atoms with van der Waals surface area (Å²) in [4.78, 5) is 10.2. The smallest absolute Gasteiger partial charge is 0.335 e. The highest BCUT2D eigenvalue weighted by Gasteiger charge is 2.16. The predicted molar refractivity (Wildman–Crippen MR) is 87.0 cm³/mol. The molecule has 0 bridgehead atoms. The third-order valence-electron chi connectivity index (χ3n) is 3.60. The minimum absolute atomic E-state index is 0.251. The van der Waals surface area contributed by atoms with E-state index in [-0.39, 0.29) is 6.10 Å². The molecule has 2 N–H and O–H groups in total. The molecule has 0 saturated carbocycles. The van der Waals surface area contributed by atoms with Gasteiger partial charge < -0.3 is 10.2 Å². The van der Waals surface area contributed by atoms with E-state index in [1.807, 2.05) is 12.1 Å². The van der Waals surface area contributed by atoms with E-state index in [1.165, 1.54) is 5.56 Å². The molecule has 22 heavy (non-hydrogen) atoms. The first-order valence-corrected chi connectivity index (χ1v) is 7.35. The second-order valence-corrected chi connectivity index (χ2v) is 5.25. The molecular formula is C19H20O3. The van der Waals surface area contributed by atoms with Crippen molar-refractivity contribution < 1.29 is 15.0 Å². The summed E-state index contributed by atoms with van der Waals surface area (Å²) in [5.41, 5.74) is 1.67. The number of carbonyl (C=O) groups is 1. The van der Waals surface area contributed by atoms with Gasteiger partial charge in [-0.15, -0.1) is 0 Å². The summed E-state index contributed by atoms with van der Waals surface area (Å²) in [7, 11) is 0. The second kappa shape index (κ2) is 8.15. The molecule has 2 atom stereocenters. The Morgan fingerprint density at radius 1 is 0.955 bits per heavy atom. The van der Waals surface area contributed by atoms with Crippen molar-refractivity contribution in [1.82, 2.24) is 0 Å². The first kappa shape index (κ1) is 16.0. The van der Waals surface area contributed by atoms with Gasteiger partial charge in [-0.05, 0) is 36.5 Å². The van der Waals surface area contributed by atoms with Gasteiger partial charge in [-0.25, -0.2) is 4.79 Å². The lowest BCUT2D eigenvalue weighted by atomic mass is 9.87. The first-order valence-electron chi connectivity index (χ1n) is 7.35. The van der Waals surface area contributed by atoms with Gasteiger partial charge in [-0.1, -0.05) is 60.7 Å². The van der Waals surface area contributed by atoms with Crippen LogP contribution in [-0.4, -0.2) is 22.3 Å². The number of carboxylic acids is 1. The normalized spacial score (nSPS) is 19.9. The minimum Gasteiger partial charge on any atom is -0.478 e. The van der Waals surface area contributed by atoms with Crippen LogP contribution >= 0.6 is 0 Å². The van der Waals surface area contributed by atoms with Gasteiger partial charge in [0.1, 0.15) is 0 Å². The fraction of sp³-hybridized carbons (Fsp3) is 0.211. The molecule has 3 heteroatoms. The molecule has 114 valence electrons. The highest BCUT2D eigenvalue weighted by Crippen LogP contribution is 2.28. The molecule has 0 amide bonds. The van der Waals surface area contributed by atoms with E-state index in [4.69, 9.17) is 5.11 Å². The highest BCUT2D eigenvalue weighted by atomic mass is 16.4. The van der Waals surface area contributed by atoms with Crippen molar-refractivity contribution in [3.63, 3.8) is 0 Å². The number of hydrogen-bond donors (Lipinski definition) is 2. The molecule has 1 aliphatic rings. The van der Waals surface area contributed by atoms with Crippen LogP contribution in [-0.2, 0) is 0 Å². The fourth-order valence-electron chi connectivity index (χ4n) is 2.44. The van der Waals surface area contributed by atoms with Crippen molar-refractivity contribution in [2.45, 2.75) is 24.9 Å². The van der Waals surface area contributed by atoms with E-state index < -0.39 is 5.97 Å². The zero-order valence-electron chi connectivity index (χ0n) is 12.3. The molecule has 0 heterocycles. The van der Waals surface area contributed by atoms with Crippen molar-refractivity contribution >= 4 is 5.97 Å². The lowest BCUT2D eigenvalue weighted by Crippen LogP contribution is -2.13. The highest BCUT2D eigenvalue weighted by molar-refractivity contribution is 5.87. The van der Waals surface area contributed by atoms with Crippen LogP contribution in [0.2, 0.25) is 0 Å². The molecule has 1 aliphatic carbocycles. The molecule has 2 unspecified atom stereocenters. The Morgan fingerprint density at radius 3 is 2.05 bits per heavy atom. The number of rotatable bonds is 2. The molecule has 0 aliphatic heterocycles. The standard InChI is InChI=1S/C12H14O.C7H6O2/c13-12-8-4-7-11(9-12)10-5-2-1-3-6-10;8-7(9)6-4-2-1-3-5-6/h1-6,8,11-13H,7,9H2;1-5H,(H,8,9). The first-order chi connectivity index (χ1) is 10.7. The van der Waals surface area contributed by atoms with Crippen molar-refractivity contribution in [3.8, 4) is 0 Å². The fourth-order valence-corrected chi connectivity index (χ4v) is 2.44. The largest absolute Gasteiger partial charge is 0.478 e. The van der Waals surface area contributed by atoms with E-state index in [2.05, 4.69) is 30.3 Å². The van der Waals surface area contributed by atoms with Crippen molar-refractivity contribution in [2.24, 2.45) is 0 Å². The van der Waals surface area contributed by atoms with Crippen molar-refractivity contribution in [1.29, 1.82) is 0 Å². The van der Waals surface area contributed by atoms with E-state index in [1.54, 1.807) is 30.3 Å². The maximum atomic E-state index is 10.2. The molecule has 0 radical (unpaired) electrons. The molecule has 3 rings (SSSR count). The Balaban J connectivity index is 0.000000172. The van der Waals surface area contributed by atoms with Crippen molar-refractivity contribution in [3.05, 3.63) is 83.9 Å². The van der Waals surface area contributed by atoms with Gasteiger partial charge in [0, 0.05) is 0 Å². The number of allylic oxidation sites excluding steroid dienone is 1. The number of benzene rings is 2. The van der Waals surface area contributed by atoms with E-state index in [9.17, 15) is 9.90 Å². The number of aromatic carboxylic acids is 1. The van der Waals surface area contributed by atoms with Gasteiger partial charge in [0.15, 0.2) is 0 Å². The number of hydrogen-bond acceptors (Lipinski definition) is 2. The molecule has 0 saturated heterocycles. The predicted octanol–water partition coefficient (Wildman–Crippen LogP) is 3.87. The summed E-state index contributed by atoms with van der Waals surface area (Å²) >= 11 is 0. The number of carboxylic acid groups (broad SMARTS) is 1. The summed E-state index contributed by atoms with van der Waals surface area (Å²) in [6.07, 6.45) is 5.63. The van der Waals surface area contributed by atoms with Crippen molar-refractivity contribution in [2.75, 3.05) is 0 Å². The molecule has 0 fully saturated rings. The molecule has 2 aromatic rings. The Labute approximate surface area is 130 Å². The maximum Gasteiger partial charge on any atom is 0.335 e. The van der Waals surface area contributed by atoms with Crippen LogP contribution in [0.4, 0.5) is 0 Å². The molecular weight excluding hydrogens is 276 g/mol. The average Bonchev–Trinajstić information content (AvgIpc) is 2.57. The quantitative estimate of drug-likeness (QED) is 0.827. The lowest BCUT2D eigenvalue weighted by Gasteiger charge is -2.21. The minimum atomic E-state index is -0.879. The summed E-state index contributed by atoms with van der Waals surface area (Å²) in [6.45, 7) is 0. The van der Waals surface area contributed by atoms with Crippen LogP contribution in [0.5, 0.6) is 0 Å². The Bertz CT molecular complexity index is 605. The average molecular weight is 296 g/mol. The topological polar surface area (TPSA) is 57.5 Å². The Hall–Kier alpha value is -2.39.